The van der Waals surface area contributed by atoms with Crippen LogP contribution in [0.2, 0.25) is 5.02 Å². The molecule has 0 bridgehead atoms. The maximum absolute atomic E-state index is 13.6. The molecule has 2 aromatic rings. The quantitative estimate of drug-likeness (QED) is 0.639. The molecule has 0 unspecified atom stereocenters. The number of benzene rings is 1. The molecule has 1 amide bonds. The SMILES string of the molecule is Cc1cc(NC(=O)c2cc(F)c(Cl)cc2F)cnc1Br. The third-order valence-electron chi connectivity index (χ3n) is 2.53. The standard InChI is InChI=1S/C13H8BrClF2N2O/c1-6-2-7(5-18-12(6)14)19-13(20)8-3-11(17)9(15)4-10(8)16/h2-5H,1H3,(H,19,20). The number of nitrogens with one attached hydrogen (secondary N) is 1. The molecule has 7 heteroatoms. The Kier molecular flexibility index (Phi) is 4.35. The number of pyridine rings is 1. The molecule has 0 aliphatic rings. The number of hydrogen-bond donors (Lipinski definition) is 1. The molecular weight excluding hydrogens is 354 g/mol. The van der Waals surface area contributed by atoms with Gasteiger partial charge in [-0.1, -0.05) is 11.6 Å². The average Bonchev–Trinajstić information content (AvgIpc) is 2.38. The molecule has 0 saturated carbocycles. The van der Waals surface area contributed by atoms with E-state index in [-0.39, 0.29) is 5.02 Å². The van der Waals surface area contributed by atoms with E-state index in [1.165, 1.54) is 6.20 Å². The Morgan fingerprint density at radius 1 is 1.30 bits per heavy atom. The number of hydrogen-bond acceptors (Lipinski definition) is 2. The van der Waals surface area contributed by atoms with Crippen LogP contribution in [0.3, 0.4) is 0 Å². The number of rotatable bonds is 2. The monoisotopic (exact) mass is 360 g/mol. The maximum Gasteiger partial charge on any atom is 0.258 e. The Hall–Kier alpha value is -1.53. The summed E-state index contributed by atoms with van der Waals surface area (Å²) in [5, 5.41) is 2.07. The van der Waals surface area contributed by atoms with E-state index < -0.39 is 23.1 Å². The Labute approximate surface area is 127 Å². The number of aromatic nitrogens is 1. The van der Waals surface area contributed by atoms with Crippen LogP contribution in [0.5, 0.6) is 0 Å². The van der Waals surface area contributed by atoms with Gasteiger partial charge >= 0.3 is 0 Å². The molecule has 0 aliphatic carbocycles. The van der Waals surface area contributed by atoms with Crippen LogP contribution in [0.1, 0.15) is 15.9 Å². The van der Waals surface area contributed by atoms with Gasteiger partial charge in [0, 0.05) is 0 Å². The molecule has 1 N–H and O–H groups in total. The topological polar surface area (TPSA) is 42.0 Å². The highest BCUT2D eigenvalue weighted by Gasteiger charge is 2.16. The van der Waals surface area contributed by atoms with Gasteiger partial charge in [0.25, 0.3) is 5.91 Å². The molecule has 1 aromatic heterocycles. The zero-order valence-corrected chi connectivity index (χ0v) is 12.5. The number of carbonyl (C=O) groups is 1. The van der Waals surface area contributed by atoms with Gasteiger partial charge < -0.3 is 5.32 Å². The van der Waals surface area contributed by atoms with Gasteiger partial charge in [0.2, 0.25) is 0 Å². The third kappa shape index (κ3) is 3.13. The summed E-state index contributed by atoms with van der Waals surface area (Å²) in [6.07, 6.45) is 1.40. The van der Waals surface area contributed by atoms with Crippen LogP contribution in [0.4, 0.5) is 14.5 Å². The molecule has 0 fully saturated rings. The Morgan fingerprint density at radius 3 is 2.65 bits per heavy atom. The van der Waals surface area contributed by atoms with Gasteiger partial charge in [0.15, 0.2) is 0 Å². The Balaban J connectivity index is 2.28. The summed E-state index contributed by atoms with van der Waals surface area (Å²) in [4.78, 5) is 15.9. The van der Waals surface area contributed by atoms with Crippen molar-refractivity contribution in [3.63, 3.8) is 0 Å². The van der Waals surface area contributed by atoms with Crippen LogP contribution in [0, 0.1) is 18.6 Å². The molecule has 20 heavy (non-hydrogen) atoms. The van der Waals surface area contributed by atoms with E-state index in [0.717, 1.165) is 17.7 Å². The number of nitrogens with zero attached hydrogens (tertiary/aromatic N) is 1. The average molecular weight is 362 g/mol. The van der Waals surface area contributed by atoms with Gasteiger partial charge in [-0.2, -0.15) is 0 Å². The van der Waals surface area contributed by atoms with Gasteiger partial charge in [-0.3, -0.25) is 4.79 Å². The molecule has 0 atom stereocenters. The van der Waals surface area contributed by atoms with Crippen LogP contribution in [-0.2, 0) is 0 Å². The first-order valence-electron chi connectivity index (χ1n) is 5.46. The van der Waals surface area contributed by atoms with Gasteiger partial charge in [0.05, 0.1) is 22.5 Å². The van der Waals surface area contributed by atoms with Crippen LogP contribution < -0.4 is 5.32 Å². The van der Waals surface area contributed by atoms with Crippen molar-refractivity contribution < 1.29 is 13.6 Å². The van der Waals surface area contributed by atoms with Gasteiger partial charge in [-0.05, 0) is 46.6 Å². The maximum atomic E-state index is 13.6. The van der Waals surface area contributed by atoms with Crippen LogP contribution in [0.15, 0.2) is 29.0 Å². The Bertz CT molecular complexity index is 694. The molecule has 0 saturated heterocycles. The van der Waals surface area contributed by atoms with Gasteiger partial charge in [0.1, 0.15) is 16.2 Å². The molecule has 0 radical (unpaired) electrons. The fraction of sp³-hybridized carbons (Fsp3) is 0.0769. The van der Waals surface area contributed by atoms with Crippen molar-refractivity contribution in [1.29, 1.82) is 0 Å². The van der Waals surface area contributed by atoms with Crippen molar-refractivity contribution in [3.8, 4) is 0 Å². The summed E-state index contributed by atoms with van der Waals surface area (Å²) in [5.41, 5.74) is 0.753. The molecule has 0 spiro atoms. The van der Waals surface area contributed by atoms with E-state index in [2.05, 4.69) is 26.2 Å². The molecule has 2 rings (SSSR count). The lowest BCUT2D eigenvalue weighted by Crippen LogP contribution is -2.14. The van der Waals surface area contributed by atoms with E-state index >= 15 is 0 Å². The minimum Gasteiger partial charge on any atom is -0.320 e. The second kappa shape index (κ2) is 5.85. The van der Waals surface area contributed by atoms with E-state index in [1.54, 1.807) is 13.0 Å². The summed E-state index contributed by atoms with van der Waals surface area (Å²) in [7, 11) is 0. The lowest BCUT2D eigenvalue weighted by atomic mass is 10.2. The van der Waals surface area contributed by atoms with Crippen molar-refractivity contribution in [2.45, 2.75) is 6.92 Å². The first kappa shape index (κ1) is 14.9. The van der Waals surface area contributed by atoms with Crippen molar-refractivity contribution >= 4 is 39.1 Å². The largest absolute Gasteiger partial charge is 0.320 e. The zero-order chi connectivity index (χ0) is 14.9. The lowest BCUT2D eigenvalue weighted by Gasteiger charge is -2.08. The lowest BCUT2D eigenvalue weighted by molar-refractivity contribution is 0.102. The highest BCUT2D eigenvalue weighted by atomic mass is 79.9. The van der Waals surface area contributed by atoms with Crippen molar-refractivity contribution in [1.82, 2.24) is 4.98 Å². The fourth-order valence-corrected chi connectivity index (χ4v) is 1.89. The molecule has 3 nitrogen and oxygen atoms in total. The highest BCUT2D eigenvalue weighted by Crippen LogP contribution is 2.21. The van der Waals surface area contributed by atoms with Crippen molar-refractivity contribution in [2.75, 3.05) is 5.32 Å². The number of aryl methyl sites for hydroxylation is 1. The van der Waals surface area contributed by atoms with Gasteiger partial charge in [-0.25, -0.2) is 13.8 Å². The van der Waals surface area contributed by atoms with Gasteiger partial charge in [-0.15, -0.1) is 0 Å². The summed E-state index contributed by atoms with van der Waals surface area (Å²) < 4.78 is 27.5. The minimum atomic E-state index is -0.893. The highest BCUT2D eigenvalue weighted by molar-refractivity contribution is 9.10. The first-order chi connectivity index (χ1) is 9.38. The third-order valence-corrected chi connectivity index (χ3v) is 3.65. The summed E-state index contributed by atoms with van der Waals surface area (Å²) in [6, 6.07) is 3.17. The first-order valence-corrected chi connectivity index (χ1v) is 6.63. The molecule has 1 aromatic carbocycles. The van der Waals surface area contributed by atoms with E-state index in [1.807, 2.05) is 0 Å². The van der Waals surface area contributed by atoms with Crippen LogP contribution >= 0.6 is 27.5 Å². The predicted octanol–water partition coefficient (Wildman–Crippen LogP) is 4.34. The number of amides is 1. The summed E-state index contributed by atoms with van der Waals surface area (Å²) >= 11 is 8.65. The van der Waals surface area contributed by atoms with E-state index in [4.69, 9.17) is 11.6 Å². The number of carbonyl (C=O) groups excluding carboxylic acids is 1. The summed E-state index contributed by atoms with van der Waals surface area (Å²) in [5.74, 6) is -2.53. The molecule has 0 aliphatic heterocycles. The second-order valence-corrected chi connectivity index (χ2v) is 5.19. The summed E-state index contributed by atoms with van der Waals surface area (Å²) in [6.45, 7) is 1.79. The van der Waals surface area contributed by atoms with Crippen LogP contribution in [-0.4, -0.2) is 10.9 Å². The second-order valence-electron chi connectivity index (χ2n) is 4.03. The van der Waals surface area contributed by atoms with Crippen molar-refractivity contribution in [2.24, 2.45) is 0 Å². The normalized spacial score (nSPS) is 10.4. The minimum absolute atomic E-state index is 0.375. The van der Waals surface area contributed by atoms with Crippen LogP contribution in [0.25, 0.3) is 0 Å². The molecule has 1 heterocycles. The predicted molar refractivity (Wildman–Crippen MR) is 76.0 cm³/mol. The number of halogens is 4. The number of anilines is 1. The Morgan fingerprint density at radius 2 is 2.00 bits per heavy atom. The van der Waals surface area contributed by atoms with E-state index in [9.17, 15) is 13.6 Å². The van der Waals surface area contributed by atoms with E-state index in [0.29, 0.717) is 10.3 Å². The smallest absolute Gasteiger partial charge is 0.258 e. The van der Waals surface area contributed by atoms with Crippen molar-refractivity contribution in [3.05, 3.63) is 56.8 Å². The zero-order valence-electron chi connectivity index (χ0n) is 10.2. The molecular formula is C13H8BrClF2N2O. The fourth-order valence-electron chi connectivity index (χ4n) is 1.52. The molecule has 104 valence electrons.